The van der Waals surface area contributed by atoms with E-state index >= 15 is 0 Å². The third-order valence-electron chi connectivity index (χ3n) is 5.09. The summed E-state index contributed by atoms with van der Waals surface area (Å²) in [5.74, 6) is 1.44. The second kappa shape index (κ2) is 10.8. The third-order valence-corrected chi connectivity index (χ3v) is 5.09. The van der Waals surface area contributed by atoms with E-state index in [1.165, 1.54) is 18.2 Å². The predicted octanol–water partition coefficient (Wildman–Crippen LogP) is 2.07. The standard InChI is InChI=1S/C22H30N4O4/c1-16-20(21(27)28-3)12-19(30-16)14-25-22(23-2)24-13-17-6-4-5-7-18(17)15-26-8-10-29-11-9-26/h4-7,12H,8-11,13-15H2,1-3H3,(H2,23,24,25). The number of hydrogen-bond acceptors (Lipinski definition) is 6. The number of benzene rings is 1. The molecular weight excluding hydrogens is 384 g/mol. The van der Waals surface area contributed by atoms with E-state index in [2.05, 4.69) is 44.8 Å². The van der Waals surface area contributed by atoms with Gasteiger partial charge in [0.2, 0.25) is 0 Å². The lowest BCUT2D eigenvalue weighted by atomic mass is 10.1. The van der Waals surface area contributed by atoms with Crippen molar-refractivity contribution in [3.05, 3.63) is 58.5 Å². The second-order valence-corrected chi connectivity index (χ2v) is 7.11. The molecule has 0 bridgehead atoms. The maximum atomic E-state index is 11.7. The van der Waals surface area contributed by atoms with Crippen molar-refractivity contribution in [2.24, 2.45) is 4.99 Å². The molecule has 1 aliphatic heterocycles. The highest BCUT2D eigenvalue weighted by Gasteiger charge is 2.16. The Balaban J connectivity index is 1.55. The van der Waals surface area contributed by atoms with Crippen LogP contribution in [0, 0.1) is 6.92 Å². The Bertz CT molecular complexity index is 872. The minimum Gasteiger partial charge on any atom is -0.465 e. The maximum Gasteiger partial charge on any atom is 0.341 e. The van der Waals surface area contributed by atoms with Crippen LogP contribution < -0.4 is 10.6 Å². The number of ether oxygens (including phenoxy) is 2. The summed E-state index contributed by atoms with van der Waals surface area (Å²) in [6.07, 6.45) is 0. The lowest BCUT2D eigenvalue weighted by Crippen LogP contribution is -2.37. The molecule has 30 heavy (non-hydrogen) atoms. The topological polar surface area (TPSA) is 88.3 Å². The molecule has 0 atom stereocenters. The monoisotopic (exact) mass is 414 g/mol. The van der Waals surface area contributed by atoms with Gasteiger partial charge in [0, 0.05) is 33.2 Å². The molecule has 1 aliphatic rings. The number of aliphatic imine (C=N–C) groups is 1. The van der Waals surface area contributed by atoms with Crippen LogP contribution in [0.5, 0.6) is 0 Å². The predicted molar refractivity (Wildman–Crippen MR) is 114 cm³/mol. The van der Waals surface area contributed by atoms with Crippen LogP contribution >= 0.6 is 0 Å². The molecule has 8 nitrogen and oxygen atoms in total. The summed E-state index contributed by atoms with van der Waals surface area (Å²) >= 11 is 0. The lowest BCUT2D eigenvalue weighted by Gasteiger charge is -2.27. The summed E-state index contributed by atoms with van der Waals surface area (Å²) in [5.41, 5.74) is 2.97. The first-order valence-corrected chi connectivity index (χ1v) is 10.1. The van der Waals surface area contributed by atoms with Crippen LogP contribution in [0.4, 0.5) is 0 Å². The quantitative estimate of drug-likeness (QED) is 0.407. The highest BCUT2D eigenvalue weighted by molar-refractivity contribution is 5.90. The van der Waals surface area contributed by atoms with Crippen LogP contribution in [0.2, 0.25) is 0 Å². The lowest BCUT2D eigenvalue weighted by molar-refractivity contribution is 0.0341. The van der Waals surface area contributed by atoms with Gasteiger partial charge in [0.25, 0.3) is 0 Å². The fourth-order valence-corrected chi connectivity index (χ4v) is 3.40. The fourth-order valence-electron chi connectivity index (χ4n) is 3.40. The molecule has 0 aliphatic carbocycles. The van der Waals surface area contributed by atoms with Crippen molar-refractivity contribution in [3.8, 4) is 0 Å². The van der Waals surface area contributed by atoms with E-state index < -0.39 is 5.97 Å². The van der Waals surface area contributed by atoms with Gasteiger partial charge >= 0.3 is 5.97 Å². The first-order valence-electron chi connectivity index (χ1n) is 10.1. The van der Waals surface area contributed by atoms with Crippen molar-refractivity contribution < 1.29 is 18.7 Å². The van der Waals surface area contributed by atoms with Crippen LogP contribution in [0.1, 0.15) is 33.0 Å². The minimum atomic E-state index is -0.401. The fraction of sp³-hybridized carbons (Fsp3) is 0.455. The van der Waals surface area contributed by atoms with E-state index in [1.807, 2.05) is 0 Å². The summed E-state index contributed by atoms with van der Waals surface area (Å²) in [5, 5.41) is 6.57. The van der Waals surface area contributed by atoms with E-state index in [1.54, 1.807) is 20.0 Å². The molecule has 2 heterocycles. The molecule has 0 radical (unpaired) electrons. The maximum absolute atomic E-state index is 11.7. The molecule has 0 saturated carbocycles. The summed E-state index contributed by atoms with van der Waals surface area (Å²) in [4.78, 5) is 18.4. The number of rotatable bonds is 7. The third kappa shape index (κ3) is 5.84. The van der Waals surface area contributed by atoms with E-state index in [4.69, 9.17) is 13.9 Å². The first kappa shape index (κ1) is 21.9. The molecule has 0 spiro atoms. The zero-order chi connectivity index (χ0) is 21.3. The number of carbonyl (C=O) groups is 1. The molecule has 1 aromatic carbocycles. The van der Waals surface area contributed by atoms with Crippen molar-refractivity contribution in [2.75, 3.05) is 40.5 Å². The van der Waals surface area contributed by atoms with Crippen molar-refractivity contribution in [1.82, 2.24) is 15.5 Å². The zero-order valence-corrected chi connectivity index (χ0v) is 17.9. The highest BCUT2D eigenvalue weighted by Crippen LogP contribution is 2.16. The molecule has 0 unspecified atom stereocenters. The van der Waals surface area contributed by atoms with Crippen LogP contribution in [-0.2, 0) is 29.1 Å². The Morgan fingerprint density at radius 3 is 2.57 bits per heavy atom. The van der Waals surface area contributed by atoms with Gasteiger partial charge in [0.05, 0.1) is 26.9 Å². The van der Waals surface area contributed by atoms with Gasteiger partial charge in [-0.15, -0.1) is 0 Å². The Hall–Kier alpha value is -2.84. The molecule has 3 rings (SSSR count). The molecule has 2 aromatic rings. The number of aryl methyl sites for hydroxylation is 1. The Morgan fingerprint density at radius 1 is 1.17 bits per heavy atom. The SMILES string of the molecule is CN=C(NCc1cc(C(=O)OC)c(C)o1)NCc1ccccc1CN1CCOCC1. The van der Waals surface area contributed by atoms with Crippen LogP contribution in [0.15, 0.2) is 39.7 Å². The van der Waals surface area contributed by atoms with Crippen molar-refractivity contribution in [1.29, 1.82) is 0 Å². The molecule has 2 N–H and O–H groups in total. The second-order valence-electron chi connectivity index (χ2n) is 7.11. The van der Waals surface area contributed by atoms with Crippen molar-refractivity contribution >= 4 is 11.9 Å². The number of hydrogen-bond donors (Lipinski definition) is 2. The number of carbonyl (C=O) groups excluding carboxylic acids is 1. The van der Waals surface area contributed by atoms with Gasteiger partial charge in [-0.1, -0.05) is 24.3 Å². The minimum absolute atomic E-state index is 0.401. The number of methoxy groups -OCH3 is 1. The summed E-state index contributed by atoms with van der Waals surface area (Å²) in [6.45, 7) is 7.23. The zero-order valence-electron chi connectivity index (χ0n) is 17.9. The van der Waals surface area contributed by atoms with Crippen molar-refractivity contribution in [3.63, 3.8) is 0 Å². The smallest absolute Gasteiger partial charge is 0.341 e. The van der Waals surface area contributed by atoms with E-state index in [9.17, 15) is 4.79 Å². The van der Waals surface area contributed by atoms with Crippen molar-refractivity contribution in [2.45, 2.75) is 26.6 Å². The number of furan rings is 1. The van der Waals surface area contributed by atoms with Gasteiger partial charge in [0.15, 0.2) is 5.96 Å². The number of nitrogens with zero attached hydrogens (tertiary/aromatic N) is 2. The molecular formula is C22H30N4O4. The molecule has 1 aromatic heterocycles. The molecule has 1 saturated heterocycles. The number of esters is 1. The van der Waals surface area contributed by atoms with Gasteiger partial charge in [-0.05, 0) is 24.1 Å². The average molecular weight is 415 g/mol. The average Bonchev–Trinajstić information content (AvgIpc) is 3.15. The summed E-state index contributed by atoms with van der Waals surface area (Å²) < 4.78 is 15.8. The number of guanidine groups is 1. The largest absolute Gasteiger partial charge is 0.465 e. The van der Waals surface area contributed by atoms with Gasteiger partial charge in [-0.25, -0.2) is 4.79 Å². The Morgan fingerprint density at radius 2 is 1.87 bits per heavy atom. The van der Waals surface area contributed by atoms with E-state index in [0.717, 1.165) is 32.8 Å². The van der Waals surface area contributed by atoms with Gasteiger partial charge < -0.3 is 24.5 Å². The van der Waals surface area contributed by atoms with Crippen LogP contribution in [0.25, 0.3) is 0 Å². The number of nitrogens with one attached hydrogen (secondary N) is 2. The van der Waals surface area contributed by atoms with Gasteiger partial charge in [0.1, 0.15) is 17.1 Å². The van der Waals surface area contributed by atoms with Gasteiger partial charge in [-0.2, -0.15) is 0 Å². The first-order chi connectivity index (χ1) is 14.6. The van der Waals surface area contributed by atoms with E-state index in [-0.39, 0.29) is 0 Å². The van der Waals surface area contributed by atoms with E-state index in [0.29, 0.717) is 36.1 Å². The Labute approximate surface area is 177 Å². The molecule has 8 heteroatoms. The highest BCUT2D eigenvalue weighted by atomic mass is 16.5. The van der Waals surface area contributed by atoms with Gasteiger partial charge in [-0.3, -0.25) is 9.89 Å². The summed E-state index contributed by atoms with van der Waals surface area (Å²) in [6, 6.07) is 10.1. The molecule has 162 valence electrons. The van der Waals surface area contributed by atoms with Crippen LogP contribution in [-0.4, -0.2) is 57.3 Å². The summed E-state index contributed by atoms with van der Waals surface area (Å²) in [7, 11) is 3.08. The molecule has 0 amide bonds. The normalized spacial score (nSPS) is 15.1. The number of morpholine rings is 1. The Kier molecular flexibility index (Phi) is 7.87. The van der Waals surface area contributed by atoms with Crippen LogP contribution in [0.3, 0.4) is 0 Å². The molecule has 1 fully saturated rings.